The Bertz CT molecular complexity index is 363. The van der Waals surface area contributed by atoms with Crippen LogP contribution in [0.1, 0.15) is 19.3 Å². The van der Waals surface area contributed by atoms with Crippen molar-refractivity contribution in [3.05, 3.63) is 12.5 Å². The van der Waals surface area contributed by atoms with Gasteiger partial charge in [-0.25, -0.2) is 18.1 Å². The molecule has 1 aromatic rings. The lowest BCUT2D eigenvalue weighted by Crippen LogP contribution is -2.25. The van der Waals surface area contributed by atoms with Gasteiger partial charge in [-0.2, -0.15) is 0 Å². The molecule has 0 amide bonds. The maximum Gasteiger partial charge on any atom is 0.257 e. The number of aromatic nitrogens is 2. The zero-order valence-corrected chi connectivity index (χ0v) is 10.6. The average Bonchev–Trinajstić information content (AvgIpc) is 2.70. The van der Waals surface area contributed by atoms with Gasteiger partial charge in [0.25, 0.3) is 10.0 Å². The molecule has 0 spiro atoms. The molecule has 0 bridgehead atoms. The molecule has 0 saturated carbocycles. The molecule has 1 rings (SSSR count). The summed E-state index contributed by atoms with van der Waals surface area (Å²) in [5.41, 5.74) is 0. The van der Waals surface area contributed by atoms with Crippen LogP contribution in [-0.4, -0.2) is 30.3 Å². The number of nitrogens with zero attached hydrogens (tertiary/aromatic N) is 1. The van der Waals surface area contributed by atoms with Gasteiger partial charge in [-0.3, -0.25) is 0 Å². The molecule has 0 atom stereocenters. The molecule has 86 valence electrons. The largest absolute Gasteiger partial charge is 0.335 e. The van der Waals surface area contributed by atoms with Crippen LogP contribution in [0.4, 0.5) is 0 Å². The number of alkyl halides is 1. The van der Waals surface area contributed by atoms with Gasteiger partial charge in [0.15, 0.2) is 5.03 Å². The van der Waals surface area contributed by atoms with Crippen LogP contribution >= 0.6 is 15.9 Å². The molecule has 1 heterocycles. The molecule has 0 aliphatic rings. The molecule has 0 aliphatic carbocycles. The molecule has 0 aromatic carbocycles. The van der Waals surface area contributed by atoms with E-state index in [1.165, 1.54) is 12.5 Å². The number of aromatic amines is 1. The molecule has 0 aliphatic heterocycles. The molecule has 0 unspecified atom stereocenters. The first-order chi connectivity index (χ1) is 7.17. The first-order valence-corrected chi connectivity index (χ1v) is 7.31. The summed E-state index contributed by atoms with van der Waals surface area (Å²) in [7, 11) is -3.38. The molecule has 0 radical (unpaired) electrons. The van der Waals surface area contributed by atoms with Crippen LogP contribution in [0.2, 0.25) is 0 Å². The van der Waals surface area contributed by atoms with Gasteiger partial charge < -0.3 is 4.98 Å². The number of hydrogen-bond acceptors (Lipinski definition) is 3. The Morgan fingerprint density at radius 2 is 2.20 bits per heavy atom. The Balaban J connectivity index is 2.32. The van der Waals surface area contributed by atoms with Gasteiger partial charge in [0.1, 0.15) is 0 Å². The molecular weight excluding hydrogens is 282 g/mol. The summed E-state index contributed by atoms with van der Waals surface area (Å²) in [6.45, 7) is 0.467. The average molecular weight is 296 g/mol. The van der Waals surface area contributed by atoms with E-state index in [1.54, 1.807) is 0 Å². The fourth-order valence-corrected chi connectivity index (χ4v) is 2.44. The van der Waals surface area contributed by atoms with E-state index in [-0.39, 0.29) is 5.03 Å². The second-order valence-corrected chi connectivity index (χ2v) is 5.59. The number of sulfonamides is 1. The van der Waals surface area contributed by atoms with Gasteiger partial charge in [-0.05, 0) is 12.8 Å². The minimum Gasteiger partial charge on any atom is -0.335 e. The molecule has 2 N–H and O–H groups in total. The number of hydrogen-bond donors (Lipinski definition) is 2. The monoisotopic (exact) mass is 295 g/mol. The SMILES string of the molecule is O=S(=O)(NCCCCCBr)c1cnc[nH]1. The van der Waals surface area contributed by atoms with E-state index in [0.29, 0.717) is 6.54 Å². The van der Waals surface area contributed by atoms with Crippen LogP contribution in [0.15, 0.2) is 17.6 Å². The molecule has 7 heteroatoms. The van der Waals surface area contributed by atoms with Crippen molar-refractivity contribution in [1.29, 1.82) is 0 Å². The van der Waals surface area contributed by atoms with Crippen molar-refractivity contribution in [2.24, 2.45) is 0 Å². The quantitative estimate of drug-likeness (QED) is 0.587. The fraction of sp³-hybridized carbons (Fsp3) is 0.625. The second-order valence-electron chi connectivity index (χ2n) is 3.06. The molecule has 0 saturated heterocycles. The predicted molar refractivity (Wildman–Crippen MR) is 61.4 cm³/mol. The van der Waals surface area contributed by atoms with E-state index in [4.69, 9.17) is 0 Å². The van der Waals surface area contributed by atoms with Crippen molar-refractivity contribution in [3.8, 4) is 0 Å². The number of nitrogens with one attached hydrogen (secondary N) is 2. The van der Waals surface area contributed by atoms with Crippen molar-refractivity contribution >= 4 is 26.0 Å². The highest BCUT2D eigenvalue weighted by molar-refractivity contribution is 9.09. The fourth-order valence-electron chi connectivity index (χ4n) is 1.07. The van der Waals surface area contributed by atoms with Gasteiger partial charge in [0, 0.05) is 11.9 Å². The number of unbranched alkanes of at least 4 members (excludes halogenated alkanes) is 2. The first-order valence-electron chi connectivity index (χ1n) is 4.71. The van der Waals surface area contributed by atoms with Gasteiger partial charge in [-0.1, -0.05) is 22.4 Å². The molecule has 1 aromatic heterocycles. The van der Waals surface area contributed by atoms with E-state index in [1.807, 2.05) is 0 Å². The Kier molecular flexibility index (Phi) is 5.27. The summed E-state index contributed by atoms with van der Waals surface area (Å²) in [4.78, 5) is 6.23. The number of halogens is 1. The third-order valence-electron chi connectivity index (χ3n) is 1.87. The Morgan fingerprint density at radius 3 is 2.80 bits per heavy atom. The van der Waals surface area contributed by atoms with Gasteiger partial charge in [-0.15, -0.1) is 0 Å². The zero-order valence-electron chi connectivity index (χ0n) is 8.24. The highest BCUT2D eigenvalue weighted by Crippen LogP contribution is 2.03. The third kappa shape index (κ3) is 4.31. The highest BCUT2D eigenvalue weighted by atomic mass is 79.9. The van der Waals surface area contributed by atoms with Crippen molar-refractivity contribution in [3.63, 3.8) is 0 Å². The van der Waals surface area contributed by atoms with Crippen LogP contribution in [0.5, 0.6) is 0 Å². The van der Waals surface area contributed by atoms with Gasteiger partial charge >= 0.3 is 0 Å². The summed E-state index contributed by atoms with van der Waals surface area (Å²) in [5, 5.41) is 1.07. The third-order valence-corrected chi connectivity index (χ3v) is 3.81. The Morgan fingerprint density at radius 1 is 1.40 bits per heavy atom. The minimum absolute atomic E-state index is 0.114. The maximum absolute atomic E-state index is 11.5. The van der Waals surface area contributed by atoms with E-state index in [0.717, 1.165) is 24.6 Å². The van der Waals surface area contributed by atoms with Crippen molar-refractivity contribution in [1.82, 2.24) is 14.7 Å². The van der Waals surface area contributed by atoms with Gasteiger partial charge in [0.2, 0.25) is 0 Å². The van der Waals surface area contributed by atoms with Crippen molar-refractivity contribution in [2.75, 3.05) is 11.9 Å². The van der Waals surface area contributed by atoms with Crippen LogP contribution in [-0.2, 0) is 10.0 Å². The Hall–Kier alpha value is -0.400. The van der Waals surface area contributed by atoms with Crippen LogP contribution < -0.4 is 4.72 Å². The van der Waals surface area contributed by atoms with Crippen LogP contribution in [0.25, 0.3) is 0 Å². The minimum atomic E-state index is -3.38. The smallest absolute Gasteiger partial charge is 0.257 e. The summed E-state index contributed by atoms with van der Waals surface area (Å²) in [6.07, 6.45) is 5.56. The summed E-state index contributed by atoms with van der Waals surface area (Å²) >= 11 is 3.32. The Labute approximate surface area is 97.9 Å². The highest BCUT2D eigenvalue weighted by Gasteiger charge is 2.13. The normalized spacial score (nSPS) is 11.8. The van der Waals surface area contributed by atoms with Gasteiger partial charge in [0.05, 0.1) is 12.5 Å². The number of rotatable bonds is 7. The second kappa shape index (κ2) is 6.24. The lowest BCUT2D eigenvalue weighted by Gasteiger charge is -2.03. The van der Waals surface area contributed by atoms with E-state index in [9.17, 15) is 8.42 Å². The number of imidazole rings is 1. The lowest BCUT2D eigenvalue weighted by atomic mass is 10.3. The van der Waals surface area contributed by atoms with E-state index in [2.05, 4.69) is 30.6 Å². The molecular formula is C8H14BrN3O2S. The lowest BCUT2D eigenvalue weighted by molar-refractivity contribution is 0.573. The summed E-state index contributed by atoms with van der Waals surface area (Å²) in [5.74, 6) is 0. The summed E-state index contributed by atoms with van der Waals surface area (Å²) < 4.78 is 25.6. The standard InChI is InChI=1S/C8H14BrN3O2S/c9-4-2-1-3-5-12-15(13,14)8-6-10-7-11-8/h6-7,12H,1-5H2,(H,10,11). The molecule has 0 fully saturated rings. The summed E-state index contributed by atoms with van der Waals surface area (Å²) in [6, 6.07) is 0. The predicted octanol–water partition coefficient (Wildman–Crippen LogP) is 1.25. The van der Waals surface area contributed by atoms with Crippen molar-refractivity contribution < 1.29 is 8.42 Å². The first kappa shape index (κ1) is 12.7. The van der Waals surface area contributed by atoms with E-state index < -0.39 is 10.0 Å². The van der Waals surface area contributed by atoms with E-state index >= 15 is 0 Å². The number of H-pyrrole nitrogens is 1. The topological polar surface area (TPSA) is 74.8 Å². The van der Waals surface area contributed by atoms with Crippen LogP contribution in [0, 0.1) is 0 Å². The molecule has 5 nitrogen and oxygen atoms in total. The van der Waals surface area contributed by atoms with Crippen LogP contribution in [0.3, 0.4) is 0 Å². The molecule has 15 heavy (non-hydrogen) atoms. The maximum atomic E-state index is 11.5. The zero-order chi connectivity index (χ0) is 11.1. The van der Waals surface area contributed by atoms with Crippen molar-refractivity contribution in [2.45, 2.75) is 24.3 Å².